The van der Waals surface area contributed by atoms with E-state index in [-0.39, 0.29) is 17.5 Å². The van der Waals surface area contributed by atoms with Gasteiger partial charge in [-0.3, -0.25) is 4.79 Å². The minimum Gasteiger partial charge on any atom is -0.380 e. The fraction of sp³-hybridized carbons (Fsp3) is 0.500. The van der Waals surface area contributed by atoms with Crippen molar-refractivity contribution in [3.05, 3.63) is 27.7 Å². The average Bonchev–Trinajstić information content (AvgIpc) is 2.30. The third-order valence-corrected chi connectivity index (χ3v) is 3.75. The van der Waals surface area contributed by atoms with Gasteiger partial charge in [0.1, 0.15) is 0 Å². The molecule has 0 bridgehead atoms. The number of anilines is 1. The topological polar surface area (TPSA) is 67.2 Å². The van der Waals surface area contributed by atoms with Crippen molar-refractivity contribution in [1.29, 1.82) is 0 Å². The number of rotatable bonds is 5. The fourth-order valence-electron chi connectivity index (χ4n) is 1.71. The number of amides is 1. The Morgan fingerprint density at radius 1 is 1.45 bits per heavy atom. The van der Waals surface area contributed by atoms with Crippen molar-refractivity contribution in [3.63, 3.8) is 0 Å². The van der Waals surface area contributed by atoms with E-state index in [9.17, 15) is 4.79 Å². The van der Waals surface area contributed by atoms with Crippen LogP contribution in [0.3, 0.4) is 0 Å². The monoisotopic (exact) mass is 361 g/mol. The summed E-state index contributed by atoms with van der Waals surface area (Å²) < 4.78 is 0.833. The summed E-state index contributed by atoms with van der Waals surface area (Å²) in [6.45, 7) is 6.21. The van der Waals surface area contributed by atoms with E-state index < -0.39 is 0 Å². The molecular formula is C14H21BrClN3O. The van der Waals surface area contributed by atoms with E-state index in [1.54, 1.807) is 6.07 Å². The van der Waals surface area contributed by atoms with Gasteiger partial charge < -0.3 is 16.4 Å². The van der Waals surface area contributed by atoms with Gasteiger partial charge in [0.05, 0.1) is 5.02 Å². The Morgan fingerprint density at radius 3 is 2.60 bits per heavy atom. The van der Waals surface area contributed by atoms with Gasteiger partial charge in [-0.25, -0.2) is 0 Å². The molecule has 112 valence electrons. The number of halogens is 2. The molecule has 1 unspecified atom stereocenters. The summed E-state index contributed by atoms with van der Waals surface area (Å²) in [5.74, 6) is -0.0244. The lowest BCUT2D eigenvalue weighted by Gasteiger charge is -2.23. The first-order valence-electron chi connectivity index (χ1n) is 6.44. The highest BCUT2D eigenvalue weighted by Gasteiger charge is 2.17. The van der Waals surface area contributed by atoms with Crippen LogP contribution in [0.15, 0.2) is 22.7 Å². The predicted molar refractivity (Wildman–Crippen MR) is 88.1 cm³/mol. The van der Waals surface area contributed by atoms with Gasteiger partial charge in [0, 0.05) is 34.7 Å². The quantitative estimate of drug-likeness (QED) is 0.754. The van der Waals surface area contributed by atoms with Crippen molar-refractivity contribution >= 4 is 39.1 Å². The van der Waals surface area contributed by atoms with Crippen LogP contribution >= 0.6 is 27.5 Å². The fourth-order valence-corrected chi connectivity index (χ4v) is 2.14. The number of carbonyl (C=O) groups is 1. The van der Waals surface area contributed by atoms with Crippen molar-refractivity contribution in [2.75, 3.05) is 11.9 Å². The molecule has 4 nitrogen and oxygen atoms in total. The highest BCUT2D eigenvalue weighted by atomic mass is 79.9. The summed E-state index contributed by atoms with van der Waals surface area (Å²) in [6.07, 6.45) is 0.321. The molecule has 0 aliphatic heterocycles. The highest BCUT2D eigenvalue weighted by molar-refractivity contribution is 9.10. The summed E-state index contributed by atoms with van der Waals surface area (Å²) >= 11 is 9.37. The summed E-state index contributed by atoms with van der Waals surface area (Å²) in [7, 11) is 0. The lowest BCUT2D eigenvalue weighted by Crippen LogP contribution is -2.44. The summed E-state index contributed by atoms with van der Waals surface area (Å²) in [5, 5.41) is 6.76. The van der Waals surface area contributed by atoms with Crippen LogP contribution in [0.5, 0.6) is 0 Å². The van der Waals surface area contributed by atoms with E-state index >= 15 is 0 Å². The Kier molecular flexibility index (Phi) is 6.30. The van der Waals surface area contributed by atoms with Gasteiger partial charge in [0.2, 0.25) is 5.91 Å². The van der Waals surface area contributed by atoms with Crippen LogP contribution in [0.1, 0.15) is 27.2 Å². The van der Waals surface area contributed by atoms with E-state index in [0.29, 0.717) is 18.0 Å². The molecule has 1 atom stereocenters. The molecule has 0 saturated heterocycles. The molecule has 1 aromatic carbocycles. The lowest BCUT2D eigenvalue weighted by molar-refractivity contribution is -0.122. The zero-order valence-electron chi connectivity index (χ0n) is 12.0. The highest BCUT2D eigenvalue weighted by Crippen LogP contribution is 2.25. The molecule has 20 heavy (non-hydrogen) atoms. The van der Waals surface area contributed by atoms with E-state index in [1.807, 2.05) is 32.9 Å². The van der Waals surface area contributed by atoms with E-state index in [0.717, 1.165) is 10.2 Å². The van der Waals surface area contributed by atoms with Crippen LogP contribution in [-0.2, 0) is 4.79 Å². The van der Waals surface area contributed by atoms with Gasteiger partial charge in [-0.15, -0.1) is 0 Å². The Hall–Kier alpha value is -0.780. The van der Waals surface area contributed by atoms with Crippen LogP contribution in [0.2, 0.25) is 5.02 Å². The molecule has 0 aliphatic carbocycles. The molecule has 4 N–H and O–H groups in total. The van der Waals surface area contributed by atoms with Crippen molar-refractivity contribution in [1.82, 2.24) is 5.32 Å². The SMILES string of the molecule is CC(C)(C)NC(=O)CC(CN)Nc1ccc(Br)c(Cl)c1. The lowest BCUT2D eigenvalue weighted by atomic mass is 10.1. The number of hydrogen-bond acceptors (Lipinski definition) is 3. The normalized spacial score (nSPS) is 12.9. The van der Waals surface area contributed by atoms with Crippen molar-refractivity contribution in [2.24, 2.45) is 5.73 Å². The van der Waals surface area contributed by atoms with Crippen LogP contribution in [0.25, 0.3) is 0 Å². The largest absolute Gasteiger partial charge is 0.380 e. The Labute approximate surface area is 133 Å². The summed E-state index contributed by atoms with van der Waals surface area (Å²) in [4.78, 5) is 11.9. The standard InChI is InChI=1S/C14H21BrClN3O/c1-14(2,3)19-13(20)7-10(8-17)18-9-4-5-11(15)12(16)6-9/h4-6,10,18H,7-8,17H2,1-3H3,(H,19,20). The molecule has 0 radical (unpaired) electrons. The number of hydrogen-bond donors (Lipinski definition) is 3. The van der Waals surface area contributed by atoms with E-state index in [2.05, 4.69) is 26.6 Å². The van der Waals surface area contributed by atoms with Gasteiger partial charge in [0.25, 0.3) is 0 Å². The zero-order chi connectivity index (χ0) is 15.3. The van der Waals surface area contributed by atoms with Crippen molar-refractivity contribution < 1.29 is 4.79 Å². The van der Waals surface area contributed by atoms with E-state index in [1.165, 1.54) is 0 Å². The van der Waals surface area contributed by atoms with Crippen LogP contribution in [0.4, 0.5) is 5.69 Å². The Morgan fingerprint density at radius 2 is 2.10 bits per heavy atom. The molecule has 0 saturated carbocycles. The van der Waals surface area contributed by atoms with Gasteiger partial charge in [0.15, 0.2) is 0 Å². The first-order valence-corrected chi connectivity index (χ1v) is 7.61. The van der Waals surface area contributed by atoms with Gasteiger partial charge in [-0.2, -0.15) is 0 Å². The van der Waals surface area contributed by atoms with Crippen LogP contribution in [-0.4, -0.2) is 24.0 Å². The maximum Gasteiger partial charge on any atom is 0.222 e. The molecule has 6 heteroatoms. The van der Waals surface area contributed by atoms with Gasteiger partial charge >= 0.3 is 0 Å². The molecule has 0 spiro atoms. The smallest absolute Gasteiger partial charge is 0.222 e. The van der Waals surface area contributed by atoms with E-state index in [4.69, 9.17) is 17.3 Å². The maximum absolute atomic E-state index is 11.9. The molecule has 1 amide bonds. The molecule has 1 rings (SSSR count). The van der Waals surface area contributed by atoms with Gasteiger partial charge in [-0.1, -0.05) is 11.6 Å². The zero-order valence-corrected chi connectivity index (χ0v) is 14.3. The number of benzene rings is 1. The van der Waals surface area contributed by atoms with Crippen molar-refractivity contribution in [3.8, 4) is 0 Å². The number of carbonyl (C=O) groups excluding carboxylic acids is 1. The molecular weight excluding hydrogens is 342 g/mol. The molecule has 0 heterocycles. The molecule has 0 aliphatic rings. The molecule has 0 aromatic heterocycles. The maximum atomic E-state index is 11.9. The third kappa shape index (κ3) is 6.11. The summed E-state index contributed by atoms with van der Waals surface area (Å²) in [5.41, 5.74) is 6.32. The first-order chi connectivity index (χ1) is 9.21. The first kappa shape index (κ1) is 17.3. The average molecular weight is 363 g/mol. The van der Waals surface area contributed by atoms with Gasteiger partial charge in [-0.05, 0) is 54.9 Å². The number of nitrogens with two attached hydrogens (primary N) is 1. The predicted octanol–water partition coefficient (Wildman–Crippen LogP) is 3.15. The second-order valence-electron chi connectivity index (χ2n) is 5.71. The second kappa shape index (κ2) is 7.29. The van der Waals surface area contributed by atoms with Crippen LogP contribution < -0.4 is 16.4 Å². The Balaban J connectivity index is 2.63. The van der Waals surface area contributed by atoms with Crippen molar-refractivity contribution in [2.45, 2.75) is 38.8 Å². The minimum absolute atomic E-state index is 0.0244. The Bertz CT molecular complexity index is 474. The molecule has 1 aromatic rings. The number of nitrogens with one attached hydrogen (secondary N) is 2. The molecule has 0 fully saturated rings. The van der Waals surface area contributed by atoms with Crippen LogP contribution in [0, 0.1) is 0 Å². The summed E-state index contributed by atoms with van der Waals surface area (Å²) in [6, 6.07) is 5.42. The second-order valence-corrected chi connectivity index (χ2v) is 6.97. The third-order valence-electron chi connectivity index (χ3n) is 2.52. The minimum atomic E-state index is -0.239.